The second-order valence-electron chi connectivity index (χ2n) is 14.7. The molecule has 290 valence electrons. The molecule has 0 aliphatic carbocycles. The molecule has 0 N–H and O–H groups in total. The molecule has 12 aromatic rings. The number of rotatable bonds is 7. The SMILES string of the molecule is [2H]c1c([2H])c([2H])c(-c2c([2H])c([2H])c([2H])c(-c3c([2H])c([2H])c([2H])c(-n4c5ccccc5c5cc6c7ccccc7n(-c7nc(-c8ccccc8)nc(-c8cccc(-c9ccccc9)c8)n7)c6cc54)c3[2H])c2[2H])c([2H])c1[2H]. The number of benzene rings is 9. The van der Waals surface area contributed by atoms with Crippen molar-refractivity contribution < 1.29 is 17.8 Å². The Hall–Kier alpha value is -8.41. The van der Waals surface area contributed by atoms with E-state index in [4.69, 9.17) is 25.9 Å². The van der Waals surface area contributed by atoms with Gasteiger partial charge in [0.05, 0.1) is 39.9 Å². The molecular weight excluding hydrogens is 755 g/mol. The van der Waals surface area contributed by atoms with Gasteiger partial charge in [-0.1, -0.05) is 176 Å². The van der Waals surface area contributed by atoms with Crippen LogP contribution in [0.15, 0.2) is 224 Å². The Morgan fingerprint density at radius 2 is 0.855 bits per heavy atom. The van der Waals surface area contributed by atoms with Gasteiger partial charge in [0.1, 0.15) is 0 Å². The van der Waals surface area contributed by atoms with E-state index >= 15 is 0 Å². The van der Waals surface area contributed by atoms with Gasteiger partial charge in [-0.2, -0.15) is 9.97 Å². The highest BCUT2D eigenvalue weighted by Gasteiger charge is 2.21. The van der Waals surface area contributed by atoms with E-state index in [2.05, 4.69) is 0 Å². The normalized spacial score (nSPS) is 14.5. The summed E-state index contributed by atoms with van der Waals surface area (Å²) in [5.41, 5.74) is 3.59. The summed E-state index contributed by atoms with van der Waals surface area (Å²) in [5, 5.41) is 3.13. The van der Waals surface area contributed by atoms with E-state index < -0.39 is 101 Å². The van der Waals surface area contributed by atoms with Crippen LogP contribution in [0.25, 0.3) is 111 Å². The first-order valence-corrected chi connectivity index (χ1v) is 19.9. The summed E-state index contributed by atoms with van der Waals surface area (Å²) in [7, 11) is 0. The predicted molar refractivity (Wildman–Crippen MR) is 256 cm³/mol. The highest BCUT2D eigenvalue weighted by Crippen LogP contribution is 2.40. The van der Waals surface area contributed by atoms with Gasteiger partial charge >= 0.3 is 0 Å². The Balaban J connectivity index is 1.15. The summed E-state index contributed by atoms with van der Waals surface area (Å²) < 4.78 is 120. The van der Waals surface area contributed by atoms with Crippen molar-refractivity contribution in [2.45, 2.75) is 0 Å². The van der Waals surface area contributed by atoms with E-state index in [-0.39, 0.29) is 5.69 Å². The zero-order valence-electron chi connectivity index (χ0n) is 45.6. The lowest BCUT2D eigenvalue weighted by Gasteiger charge is -2.13. The number of nitrogens with zero attached hydrogens (tertiary/aromatic N) is 5. The zero-order valence-corrected chi connectivity index (χ0v) is 32.6. The molecule has 0 saturated carbocycles. The van der Waals surface area contributed by atoms with Crippen molar-refractivity contribution in [3.63, 3.8) is 0 Å². The molecular formula is C57H37N5. The molecule has 5 heteroatoms. The minimum Gasteiger partial charge on any atom is -0.309 e. The fourth-order valence-corrected chi connectivity index (χ4v) is 8.21. The summed E-state index contributed by atoms with van der Waals surface area (Å²) in [4.78, 5) is 15.4. The summed E-state index contributed by atoms with van der Waals surface area (Å²) in [6.45, 7) is 0. The maximum Gasteiger partial charge on any atom is 0.238 e. The van der Waals surface area contributed by atoms with Gasteiger partial charge in [-0.15, -0.1) is 0 Å². The Morgan fingerprint density at radius 1 is 0.323 bits per heavy atom. The average molecular weight is 805 g/mol. The number of aromatic nitrogens is 5. The van der Waals surface area contributed by atoms with Crippen LogP contribution in [-0.2, 0) is 0 Å². The van der Waals surface area contributed by atoms with Crippen molar-refractivity contribution in [1.29, 1.82) is 0 Å². The number of hydrogen-bond acceptors (Lipinski definition) is 3. The molecule has 0 amide bonds. The van der Waals surface area contributed by atoms with E-state index in [0.717, 1.165) is 43.9 Å². The van der Waals surface area contributed by atoms with Crippen LogP contribution in [0.5, 0.6) is 0 Å². The molecule has 0 aliphatic rings. The summed E-state index contributed by atoms with van der Waals surface area (Å²) in [6, 6.07) is 37.6. The zero-order chi connectivity index (χ0) is 52.3. The molecule has 0 fully saturated rings. The van der Waals surface area contributed by atoms with Crippen molar-refractivity contribution in [2.24, 2.45) is 0 Å². The topological polar surface area (TPSA) is 48.5 Å². The van der Waals surface area contributed by atoms with Crippen molar-refractivity contribution >= 4 is 43.6 Å². The van der Waals surface area contributed by atoms with Gasteiger partial charge in [0.15, 0.2) is 11.6 Å². The Bertz CT molecular complexity index is 4380. The minimum absolute atomic E-state index is 0.184. The third kappa shape index (κ3) is 6.06. The third-order valence-corrected chi connectivity index (χ3v) is 11.0. The molecule has 0 unspecified atom stereocenters. The van der Waals surface area contributed by atoms with Crippen LogP contribution in [-0.4, -0.2) is 24.1 Å². The van der Waals surface area contributed by atoms with Crippen LogP contribution in [0.4, 0.5) is 0 Å². The first-order chi connectivity index (χ1) is 36.2. The average Bonchev–Trinajstić information content (AvgIpc) is 3.99. The van der Waals surface area contributed by atoms with Crippen molar-refractivity contribution in [3.8, 4) is 67.8 Å². The first kappa shape index (κ1) is 24.6. The maximum atomic E-state index is 9.96. The number of hydrogen-bond donors (Lipinski definition) is 0. The minimum atomic E-state index is -0.794. The van der Waals surface area contributed by atoms with Gasteiger partial charge in [-0.05, 0) is 81.8 Å². The van der Waals surface area contributed by atoms with Crippen molar-refractivity contribution in [2.75, 3.05) is 0 Å². The third-order valence-electron chi connectivity index (χ3n) is 11.0. The number of fused-ring (bicyclic) bond motifs is 6. The molecule has 0 spiro atoms. The molecule has 0 bridgehead atoms. The molecule has 62 heavy (non-hydrogen) atoms. The molecule has 3 heterocycles. The van der Waals surface area contributed by atoms with E-state index in [1.165, 1.54) is 0 Å². The lowest BCUT2D eigenvalue weighted by atomic mass is 9.99. The number of para-hydroxylation sites is 2. The predicted octanol–water partition coefficient (Wildman–Crippen LogP) is 14.4. The summed E-state index contributed by atoms with van der Waals surface area (Å²) in [5.74, 6) is 1.16. The van der Waals surface area contributed by atoms with E-state index in [9.17, 15) is 6.85 Å². The van der Waals surface area contributed by atoms with Crippen molar-refractivity contribution in [3.05, 3.63) is 224 Å². The van der Waals surface area contributed by atoms with Crippen LogP contribution in [0.1, 0.15) is 17.8 Å². The van der Waals surface area contributed by atoms with E-state index in [0.29, 0.717) is 39.5 Å². The lowest BCUT2D eigenvalue weighted by Crippen LogP contribution is -2.06. The molecule has 0 saturated heterocycles. The molecule has 12 rings (SSSR count). The Labute approximate surface area is 376 Å². The fourth-order valence-electron chi connectivity index (χ4n) is 8.21. The molecule has 0 radical (unpaired) electrons. The van der Waals surface area contributed by atoms with E-state index in [1.54, 1.807) is 16.7 Å². The van der Waals surface area contributed by atoms with Crippen LogP contribution in [0, 0.1) is 0 Å². The first-order valence-electron chi connectivity index (χ1n) is 26.4. The summed E-state index contributed by atoms with van der Waals surface area (Å²) >= 11 is 0. The Morgan fingerprint density at radius 3 is 1.58 bits per heavy atom. The smallest absolute Gasteiger partial charge is 0.238 e. The van der Waals surface area contributed by atoms with Crippen LogP contribution in [0.3, 0.4) is 0 Å². The lowest BCUT2D eigenvalue weighted by molar-refractivity contribution is 0.953. The maximum absolute atomic E-state index is 9.96. The van der Waals surface area contributed by atoms with Crippen LogP contribution < -0.4 is 0 Å². The molecule has 5 nitrogen and oxygen atoms in total. The summed E-state index contributed by atoms with van der Waals surface area (Å²) in [6.07, 6.45) is 0. The van der Waals surface area contributed by atoms with Gasteiger partial charge in [0.2, 0.25) is 5.95 Å². The van der Waals surface area contributed by atoms with Gasteiger partial charge in [-0.3, -0.25) is 4.57 Å². The molecule has 3 aromatic heterocycles. The van der Waals surface area contributed by atoms with E-state index in [1.807, 2.05) is 138 Å². The quantitative estimate of drug-likeness (QED) is 0.161. The molecule has 0 aliphatic heterocycles. The second kappa shape index (κ2) is 14.7. The highest BCUT2D eigenvalue weighted by molar-refractivity contribution is 6.19. The van der Waals surface area contributed by atoms with Crippen LogP contribution >= 0.6 is 0 Å². The molecule has 9 aromatic carbocycles. The van der Waals surface area contributed by atoms with Crippen LogP contribution in [0.2, 0.25) is 0 Å². The van der Waals surface area contributed by atoms with Gasteiger partial charge in [0, 0.05) is 38.4 Å². The Kier molecular flexibility index (Phi) is 5.84. The monoisotopic (exact) mass is 804 g/mol. The van der Waals surface area contributed by atoms with Gasteiger partial charge < -0.3 is 4.57 Å². The van der Waals surface area contributed by atoms with Gasteiger partial charge in [-0.25, -0.2) is 4.98 Å². The fraction of sp³-hybridized carbons (Fsp3) is 0. The molecule has 0 atom stereocenters. The highest BCUT2D eigenvalue weighted by atomic mass is 15.2. The van der Waals surface area contributed by atoms with Crippen molar-refractivity contribution in [1.82, 2.24) is 24.1 Å². The second-order valence-corrected chi connectivity index (χ2v) is 14.7. The van der Waals surface area contributed by atoms with Gasteiger partial charge in [0.25, 0.3) is 0 Å². The standard InChI is InChI=1S/C57H37N5/c1-4-17-38(18-5-1)41-23-14-25-43(33-41)44-26-16-28-46(35-44)61-51-31-12-10-29-47(51)49-36-50-48-30-11-13-32-52(48)62(54(50)37-53(49)61)57-59-55(40-21-8-3-9-22-40)58-56(60-57)45-27-15-24-42(34-45)39-19-6-2-7-20-39/h1-37H/i1D,4D,5D,14D,16D,17D,18D,23D,25D,26D,28D,33D,35D. The largest absolute Gasteiger partial charge is 0.309 e.